The Labute approximate surface area is 125 Å². The van der Waals surface area contributed by atoms with Gasteiger partial charge >= 0.3 is 5.97 Å². The molecule has 0 amide bonds. The molecule has 7 heteroatoms. The Morgan fingerprint density at radius 1 is 1.14 bits per heavy atom. The second kappa shape index (κ2) is 8.65. The van der Waals surface area contributed by atoms with Crippen molar-refractivity contribution in [2.24, 2.45) is 5.92 Å². The van der Waals surface area contributed by atoms with Gasteiger partial charge in [-0.2, -0.15) is 0 Å². The molecule has 122 valence electrons. The molecular weight excluding hydrogens is 276 g/mol. The van der Waals surface area contributed by atoms with Crippen LogP contribution in [0.25, 0.3) is 0 Å². The zero-order chi connectivity index (χ0) is 15.1. The van der Waals surface area contributed by atoms with Crippen LogP contribution in [-0.4, -0.2) is 47.1 Å². The number of rotatable bonds is 9. The van der Waals surface area contributed by atoms with Gasteiger partial charge in [-0.3, -0.25) is 20.0 Å². The van der Waals surface area contributed by atoms with Gasteiger partial charge in [-0.1, -0.05) is 12.8 Å². The molecule has 7 nitrogen and oxygen atoms in total. The highest BCUT2D eigenvalue weighted by Gasteiger charge is 2.40. The molecule has 1 aliphatic carbocycles. The van der Waals surface area contributed by atoms with Crippen molar-refractivity contribution in [3.8, 4) is 0 Å². The van der Waals surface area contributed by atoms with Crippen molar-refractivity contribution in [2.45, 2.75) is 63.5 Å². The largest absolute Gasteiger partial charge is 0.465 e. The van der Waals surface area contributed by atoms with Crippen LogP contribution in [-0.2, 0) is 14.4 Å². The van der Waals surface area contributed by atoms with Gasteiger partial charge < -0.3 is 10.1 Å². The third-order valence-electron chi connectivity index (χ3n) is 4.39. The molecule has 0 aromatic rings. The maximum absolute atomic E-state index is 11.9. The lowest BCUT2D eigenvalue weighted by atomic mass is 10.0. The van der Waals surface area contributed by atoms with Crippen molar-refractivity contribution in [3.63, 3.8) is 0 Å². The molecular formula is C14H26N2O5. The molecule has 2 rings (SSSR count). The van der Waals surface area contributed by atoms with Gasteiger partial charge in [-0.05, 0) is 44.4 Å². The maximum atomic E-state index is 11.9. The second-order valence-corrected chi connectivity index (χ2v) is 5.92. The molecule has 3 atom stereocenters. The van der Waals surface area contributed by atoms with E-state index < -0.39 is 0 Å². The van der Waals surface area contributed by atoms with Crippen LogP contribution in [0, 0.1) is 5.92 Å². The first-order valence-electron chi connectivity index (χ1n) is 7.90. The van der Waals surface area contributed by atoms with Gasteiger partial charge in [0.25, 0.3) is 0 Å². The van der Waals surface area contributed by atoms with Crippen molar-refractivity contribution >= 4 is 5.97 Å². The number of ether oxygens (including phenoxy) is 1. The van der Waals surface area contributed by atoms with E-state index in [9.17, 15) is 4.79 Å². The van der Waals surface area contributed by atoms with E-state index in [-0.39, 0.29) is 24.0 Å². The van der Waals surface area contributed by atoms with E-state index in [1.165, 1.54) is 19.3 Å². The predicted molar refractivity (Wildman–Crippen MR) is 73.5 cm³/mol. The van der Waals surface area contributed by atoms with Crippen LogP contribution in [0.2, 0.25) is 0 Å². The van der Waals surface area contributed by atoms with Crippen LogP contribution >= 0.6 is 0 Å². The fourth-order valence-electron chi connectivity index (χ4n) is 3.31. The van der Waals surface area contributed by atoms with E-state index >= 15 is 0 Å². The molecule has 2 aliphatic rings. The molecule has 3 N–H and O–H groups in total. The van der Waals surface area contributed by atoms with E-state index in [1.807, 2.05) is 0 Å². The summed E-state index contributed by atoms with van der Waals surface area (Å²) in [5.41, 5.74) is 0. The quantitative estimate of drug-likeness (QED) is 0.339. The summed E-state index contributed by atoms with van der Waals surface area (Å²) < 4.78 is 5.32. The molecule has 21 heavy (non-hydrogen) atoms. The molecule has 1 aliphatic heterocycles. The number of fused-ring (bicyclic) bond motifs is 1. The third-order valence-corrected chi connectivity index (χ3v) is 4.39. The first kappa shape index (κ1) is 16.6. The number of unbranched alkanes of at least 4 members (excludes halogenated alkanes) is 3. The molecule has 0 radical (unpaired) electrons. The predicted octanol–water partition coefficient (Wildman–Crippen LogP) is 1.63. The molecule has 2 fully saturated rings. The Kier molecular flexibility index (Phi) is 6.85. The number of nitrogens with zero attached hydrogens (tertiary/aromatic N) is 1. The summed E-state index contributed by atoms with van der Waals surface area (Å²) in [5.74, 6) is 0.559. The van der Waals surface area contributed by atoms with Gasteiger partial charge in [-0.15, -0.1) is 0 Å². The smallest absolute Gasteiger partial charge is 0.323 e. The molecule has 0 aromatic heterocycles. The minimum atomic E-state index is -0.272. The number of hydrogen-bond acceptors (Lipinski definition) is 7. The van der Waals surface area contributed by atoms with Gasteiger partial charge in [0.1, 0.15) is 6.04 Å². The summed E-state index contributed by atoms with van der Waals surface area (Å²) >= 11 is 0. The number of carbonyl (C=O) groups is 1. The summed E-state index contributed by atoms with van der Waals surface area (Å²) in [7, 11) is 0. The third kappa shape index (κ3) is 5.52. The van der Waals surface area contributed by atoms with Crippen molar-refractivity contribution in [3.05, 3.63) is 0 Å². The molecule has 1 heterocycles. The zero-order valence-electron chi connectivity index (χ0n) is 12.4. The summed E-state index contributed by atoms with van der Waals surface area (Å²) in [6.07, 6.45) is 8.02. The van der Waals surface area contributed by atoms with Gasteiger partial charge in [0.2, 0.25) is 0 Å². The maximum Gasteiger partial charge on any atom is 0.323 e. The molecule has 0 spiro atoms. The molecule has 0 bridgehead atoms. The van der Waals surface area contributed by atoms with Crippen LogP contribution in [0.5, 0.6) is 0 Å². The zero-order valence-corrected chi connectivity index (χ0v) is 12.4. The highest BCUT2D eigenvalue weighted by atomic mass is 17.1. The monoisotopic (exact) mass is 302 g/mol. The van der Waals surface area contributed by atoms with Crippen molar-refractivity contribution in [1.82, 2.24) is 10.7 Å². The fourth-order valence-corrected chi connectivity index (χ4v) is 3.31. The number of carbonyl (C=O) groups excluding carboxylic acids is 1. The summed E-state index contributed by atoms with van der Waals surface area (Å²) in [5, 5.41) is 19.8. The Hall–Kier alpha value is -0.730. The topological polar surface area (TPSA) is 91.3 Å². The molecule has 0 aromatic carbocycles. The first-order valence-corrected chi connectivity index (χ1v) is 7.90. The highest BCUT2D eigenvalue weighted by molar-refractivity contribution is 5.76. The number of hydrogen-bond donors (Lipinski definition) is 3. The van der Waals surface area contributed by atoms with Crippen LogP contribution < -0.4 is 5.32 Å². The van der Waals surface area contributed by atoms with E-state index in [2.05, 4.69) is 10.2 Å². The fraction of sp³-hybridized carbons (Fsp3) is 0.929. The summed E-state index contributed by atoms with van der Waals surface area (Å²) in [4.78, 5) is 16.4. The highest BCUT2D eigenvalue weighted by Crippen LogP contribution is 2.34. The van der Waals surface area contributed by atoms with Crippen molar-refractivity contribution in [2.75, 3.05) is 13.2 Å². The SMILES string of the molecule is O=C(OCCCCCCON(O)O)C1C[C@@H]2CCC[C@@H]2N1. The van der Waals surface area contributed by atoms with E-state index in [0.717, 1.165) is 32.1 Å². The lowest BCUT2D eigenvalue weighted by Gasteiger charge is -2.12. The Balaban J connectivity index is 1.45. The second-order valence-electron chi connectivity index (χ2n) is 5.92. The van der Waals surface area contributed by atoms with E-state index in [1.54, 1.807) is 0 Å². The van der Waals surface area contributed by atoms with Gasteiger partial charge in [0.05, 0.1) is 18.6 Å². The van der Waals surface area contributed by atoms with Crippen molar-refractivity contribution < 1.29 is 24.8 Å². The molecule has 1 saturated carbocycles. The normalized spacial score (nSPS) is 28.0. The lowest BCUT2D eigenvalue weighted by Crippen LogP contribution is -2.36. The van der Waals surface area contributed by atoms with Gasteiger partial charge in [-0.25, -0.2) is 0 Å². The first-order chi connectivity index (χ1) is 10.2. The average Bonchev–Trinajstić information content (AvgIpc) is 3.02. The summed E-state index contributed by atoms with van der Waals surface area (Å²) in [6.45, 7) is 0.723. The average molecular weight is 302 g/mol. The van der Waals surface area contributed by atoms with Crippen LogP contribution in [0.1, 0.15) is 51.4 Å². The summed E-state index contributed by atoms with van der Waals surface area (Å²) in [6, 6.07) is 0.425. The van der Waals surface area contributed by atoms with Crippen LogP contribution in [0.4, 0.5) is 0 Å². The Morgan fingerprint density at radius 3 is 2.62 bits per heavy atom. The number of nitrogens with one attached hydrogen (secondary N) is 1. The Morgan fingerprint density at radius 2 is 1.90 bits per heavy atom. The lowest BCUT2D eigenvalue weighted by molar-refractivity contribution is -0.492. The minimum absolute atomic E-state index is 0.103. The van der Waals surface area contributed by atoms with Gasteiger partial charge in [0, 0.05) is 6.04 Å². The van der Waals surface area contributed by atoms with E-state index in [4.69, 9.17) is 15.2 Å². The van der Waals surface area contributed by atoms with Gasteiger partial charge in [0.15, 0.2) is 0 Å². The van der Waals surface area contributed by atoms with Crippen molar-refractivity contribution in [1.29, 1.82) is 0 Å². The van der Waals surface area contributed by atoms with E-state index in [0.29, 0.717) is 18.6 Å². The number of esters is 1. The Bertz CT molecular complexity index is 314. The standard InChI is InChI=1S/C14H26N2O5/c17-14(13-10-11-6-5-7-12(11)15-13)20-8-3-1-2-4-9-21-16(18)19/h11-13,15,18-19H,1-10H2/t11-,12-,13?/m0/s1. The molecule has 1 saturated heterocycles. The minimum Gasteiger partial charge on any atom is -0.465 e. The van der Waals surface area contributed by atoms with Crippen LogP contribution in [0.3, 0.4) is 0 Å². The molecule has 1 unspecified atom stereocenters. The van der Waals surface area contributed by atoms with Crippen LogP contribution in [0.15, 0.2) is 0 Å².